The van der Waals surface area contributed by atoms with Gasteiger partial charge >= 0.3 is 0 Å². The van der Waals surface area contributed by atoms with Crippen LogP contribution in [0.3, 0.4) is 0 Å². The summed E-state index contributed by atoms with van der Waals surface area (Å²) in [7, 11) is 2.17. The maximum atomic E-state index is 2.34. The highest BCUT2D eigenvalue weighted by Gasteiger charge is 2.24. The molecule has 102 valence electrons. The lowest BCUT2D eigenvalue weighted by molar-refractivity contribution is -0.435. The number of fused-ring (bicyclic) bond motifs is 1. The van der Waals surface area contributed by atoms with E-state index in [9.17, 15) is 0 Å². The maximum absolute atomic E-state index is 2.34. The molecule has 0 saturated carbocycles. The van der Waals surface area contributed by atoms with Crippen LogP contribution in [0, 0.1) is 20.8 Å². The van der Waals surface area contributed by atoms with Crippen molar-refractivity contribution in [2.75, 3.05) is 18.6 Å². The number of para-hydroxylation sites is 1. The van der Waals surface area contributed by atoms with Gasteiger partial charge in [-0.05, 0) is 43.5 Å². The minimum absolute atomic E-state index is 0.889. The molecule has 2 heteroatoms. The fourth-order valence-corrected chi connectivity index (χ4v) is 2.99. The Hall–Kier alpha value is -2.09. The molecule has 1 aliphatic heterocycles. The van der Waals surface area contributed by atoms with Crippen molar-refractivity contribution in [1.82, 2.24) is 0 Å². The van der Waals surface area contributed by atoms with Crippen molar-refractivity contribution in [3.63, 3.8) is 0 Å². The second kappa shape index (κ2) is 4.78. The van der Waals surface area contributed by atoms with Gasteiger partial charge in [-0.3, -0.25) is 0 Å². The van der Waals surface area contributed by atoms with E-state index >= 15 is 0 Å². The third-order valence-electron chi connectivity index (χ3n) is 4.28. The molecule has 0 saturated heterocycles. The minimum Gasteiger partial charge on any atom is -0.319 e. The third kappa shape index (κ3) is 2.01. The summed E-state index contributed by atoms with van der Waals surface area (Å²) in [6.45, 7) is 7.52. The van der Waals surface area contributed by atoms with E-state index in [4.69, 9.17) is 0 Å². The van der Waals surface area contributed by atoms with Crippen molar-refractivity contribution in [3.8, 4) is 0 Å². The molecule has 0 radical (unpaired) electrons. The molecule has 0 spiro atoms. The summed E-state index contributed by atoms with van der Waals surface area (Å²) in [6.07, 6.45) is 2.27. The SMILES string of the molecule is Cc1cc2c(c(C)c1C)N(C)C[N+](c1ccccc1)=C2. The molecule has 0 unspecified atom stereocenters. The Morgan fingerprint density at radius 3 is 2.40 bits per heavy atom. The van der Waals surface area contributed by atoms with E-state index in [1.165, 1.54) is 33.6 Å². The van der Waals surface area contributed by atoms with Crippen molar-refractivity contribution in [2.24, 2.45) is 0 Å². The highest BCUT2D eigenvalue weighted by molar-refractivity contribution is 5.89. The van der Waals surface area contributed by atoms with Crippen LogP contribution in [0.4, 0.5) is 11.4 Å². The van der Waals surface area contributed by atoms with Crippen molar-refractivity contribution in [3.05, 3.63) is 58.7 Å². The first-order valence-corrected chi connectivity index (χ1v) is 7.06. The molecule has 3 rings (SSSR count). The molecule has 0 bridgehead atoms. The molecule has 2 nitrogen and oxygen atoms in total. The van der Waals surface area contributed by atoms with Crippen LogP contribution >= 0.6 is 0 Å². The lowest BCUT2D eigenvalue weighted by Crippen LogP contribution is -2.33. The summed E-state index contributed by atoms with van der Waals surface area (Å²) in [5.41, 5.74) is 8.06. The first kappa shape index (κ1) is 12.9. The van der Waals surface area contributed by atoms with Crippen molar-refractivity contribution >= 4 is 17.6 Å². The van der Waals surface area contributed by atoms with E-state index in [1.54, 1.807) is 0 Å². The van der Waals surface area contributed by atoms with Gasteiger partial charge in [-0.25, -0.2) is 0 Å². The Kier molecular flexibility index (Phi) is 3.09. The van der Waals surface area contributed by atoms with Crippen LogP contribution in [-0.4, -0.2) is 24.5 Å². The largest absolute Gasteiger partial charge is 0.319 e. The normalized spacial score (nSPS) is 14.0. The summed E-state index contributed by atoms with van der Waals surface area (Å²) in [6, 6.07) is 12.8. The van der Waals surface area contributed by atoms with E-state index in [0.29, 0.717) is 0 Å². The molecule has 0 atom stereocenters. The second-order valence-electron chi connectivity index (χ2n) is 5.66. The predicted octanol–water partition coefficient (Wildman–Crippen LogP) is 3.78. The van der Waals surface area contributed by atoms with Gasteiger partial charge in [0.15, 0.2) is 6.21 Å². The molecule has 0 aromatic heterocycles. The number of aryl methyl sites for hydroxylation is 1. The highest BCUT2D eigenvalue weighted by Crippen LogP contribution is 2.31. The average molecular weight is 265 g/mol. The van der Waals surface area contributed by atoms with E-state index < -0.39 is 0 Å². The van der Waals surface area contributed by atoms with E-state index in [-0.39, 0.29) is 0 Å². The zero-order valence-electron chi connectivity index (χ0n) is 12.6. The van der Waals surface area contributed by atoms with Gasteiger partial charge in [0.05, 0.1) is 11.3 Å². The minimum atomic E-state index is 0.889. The Labute approximate surface area is 121 Å². The van der Waals surface area contributed by atoms with E-state index in [0.717, 1.165) is 6.67 Å². The van der Waals surface area contributed by atoms with Gasteiger partial charge in [-0.1, -0.05) is 18.2 Å². The van der Waals surface area contributed by atoms with Crippen LogP contribution < -0.4 is 4.90 Å². The van der Waals surface area contributed by atoms with Gasteiger partial charge in [0.2, 0.25) is 12.4 Å². The van der Waals surface area contributed by atoms with Gasteiger partial charge < -0.3 is 4.90 Å². The topological polar surface area (TPSA) is 6.25 Å². The Morgan fingerprint density at radius 1 is 1.00 bits per heavy atom. The van der Waals surface area contributed by atoms with E-state index in [2.05, 4.69) is 79.9 Å². The van der Waals surface area contributed by atoms with Crippen LogP contribution in [0.2, 0.25) is 0 Å². The number of hydrogen-bond donors (Lipinski definition) is 0. The Balaban J connectivity index is 2.17. The zero-order valence-corrected chi connectivity index (χ0v) is 12.6. The molecule has 1 heterocycles. The molecular weight excluding hydrogens is 244 g/mol. The molecule has 2 aromatic carbocycles. The molecule has 1 aliphatic rings. The van der Waals surface area contributed by atoms with Crippen molar-refractivity contribution in [2.45, 2.75) is 20.8 Å². The average Bonchev–Trinajstić information content (AvgIpc) is 2.45. The molecule has 0 fully saturated rings. The Morgan fingerprint density at radius 2 is 1.70 bits per heavy atom. The smallest absolute Gasteiger partial charge is 0.224 e. The van der Waals surface area contributed by atoms with Crippen molar-refractivity contribution < 1.29 is 4.58 Å². The zero-order chi connectivity index (χ0) is 14.3. The van der Waals surface area contributed by atoms with Gasteiger partial charge in [-0.15, -0.1) is 0 Å². The quantitative estimate of drug-likeness (QED) is 0.711. The number of rotatable bonds is 1. The van der Waals surface area contributed by atoms with Gasteiger partial charge in [0.25, 0.3) is 0 Å². The fraction of sp³-hybridized carbons (Fsp3) is 0.278. The number of benzene rings is 2. The number of nitrogens with zero attached hydrogens (tertiary/aromatic N) is 2. The van der Waals surface area contributed by atoms with Gasteiger partial charge in [0.1, 0.15) is 0 Å². The second-order valence-corrected chi connectivity index (χ2v) is 5.66. The molecule has 20 heavy (non-hydrogen) atoms. The standard InChI is InChI=1S/C18H21N2/c1-13-10-16-11-20(17-8-6-5-7-9-17)12-19(4)18(16)15(3)14(13)2/h5-11H,12H2,1-4H3/q+1. The van der Waals surface area contributed by atoms with Crippen LogP contribution in [-0.2, 0) is 0 Å². The number of anilines is 1. The third-order valence-corrected chi connectivity index (χ3v) is 4.28. The molecular formula is C18H21N2+. The summed E-state index contributed by atoms with van der Waals surface area (Å²) < 4.78 is 2.30. The first-order chi connectivity index (χ1) is 9.58. The van der Waals surface area contributed by atoms with Crippen LogP contribution in [0.1, 0.15) is 22.3 Å². The summed E-state index contributed by atoms with van der Waals surface area (Å²) in [5.74, 6) is 0. The summed E-state index contributed by atoms with van der Waals surface area (Å²) in [5, 5.41) is 0. The summed E-state index contributed by atoms with van der Waals surface area (Å²) >= 11 is 0. The lowest BCUT2D eigenvalue weighted by atomic mass is 9.97. The van der Waals surface area contributed by atoms with Crippen LogP contribution in [0.15, 0.2) is 36.4 Å². The fourth-order valence-electron chi connectivity index (χ4n) is 2.99. The van der Waals surface area contributed by atoms with Gasteiger partial charge in [0, 0.05) is 19.2 Å². The molecule has 0 amide bonds. The van der Waals surface area contributed by atoms with Crippen LogP contribution in [0.25, 0.3) is 0 Å². The maximum Gasteiger partial charge on any atom is 0.224 e. The predicted molar refractivity (Wildman–Crippen MR) is 85.5 cm³/mol. The molecule has 0 aliphatic carbocycles. The van der Waals surface area contributed by atoms with Crippen LogP contribution in [0.5, 0.6) is 0 Å². The summed E-state index contributed by atoms with van der Waals surface area (Å²) in [4.78, 5) is 2.34. The van der Waals surface area contributed by atoms with Gasteiger partial charge in [-0.2, -0.15) is 4.58 Å². The molecule has 2 aromatic rings. The monoisotopic (exact) mass is 265 g/mol. The highest BCUT2D eigenvalue weighted by atomic mass is 15.3. The lowest BCUT2D eigenvalue weighted by Gasteiger charge is -2.26. The van der Waals surface area contributed by atoms with Crippen molar-refractivity contribution in [1.29, 1.82) is 0 Å². The Bertz CT molecular complexity index is 684. The molecule has 0 N–H and O–H groups in total. The first-order valence-electron chi connectivity index (χ1n) is 7.06. The van der Waals surface area contributed by atoms with E-state index in [1.807, 2.05) is 0 Å². The number of hydrogen-bond acceptors (Lipinski definition) is 1.